The first-order chi connectivity index (χ1) is 7.02. The Morgan fingerprint density at radius 3 is 2.80 bits per heavy atom. The highest BCUT2D eigenvalue weighted by molar-refractivity contribution is 5.50. The van der Waals surface area contributed by atoms with E-state index in [1.165, 1.54) is 7.11 Å². The second kappa shape index (κ2) is 3.33. The van der Waals surface area contributed by atoms with Gasteiger partial charge in [0, 0.05) is 6.07 Å². The van der Waals surface area contributed by atoms with Gasteiger partial charge >= 0.3 is 0 Å². The van der Waals surface area contributed by atoms with E-state index in [0.717, 1.165) is 24.2 Å². The van der Waals surface area contributed by atoms with Crippen LogP contribution in [0, 0.1) is 0 Å². The van der Waals surface area contributed by atoms with Crippen LogP contribution in [0.3, 0.4) is 0 Å². The summed E-state index contributed by atoms with van der Waals surface area (Å²) < 4.78 is 10.9. The van der Waals surface area contributed by atoms with Crippen LogP contribution in [0.1, 0.15) is 25.8 Å². The van der Waals surface area contributed by atoms with Crippen molar-refractivity contribution in [2.45, 2.75) is 32.3 Å². The van der Waals surface area contributed by atoms with E-state index in [1.807, 2.05) is 0 Å². The maximum atomic E-state index is 9.62. The maximum Gasteiger partial charge on any atom is 0.164 e. The average Bonchev–Trinajstić information content (AvgIpc) is 2.17. The number of phenolic OH excluding ortho intramolecular Hbond substituents is 1. The van der Waals surface area contributed by atoms with Crippen molar-refractivity contribution in [1.82, 2.24) is 0 Å². The largest absolute Gasteiger partial charge is 0.504 e. The molecule has 0 radical (unpaired) electrons. The first-order valence-corrected chi connectivity index (χ1v) is 5.11. The summed E-state index contributed by atoms with van der Waals surface area (Å²) in [7, 11) is 1.54. The summed E-state index contributed by atoms with van der Waals surface area (Å²) in [5.41, 5.74) is 0.919. The van der Waals surface area contributed by atoms with Gasteiger partial charge in [0.1, 0.15) is 11.4 Å². The summed E-state index contributed by atoms with van der Waals surface area (Å²) >= 11 is 0. The van der Waals surface area contributed by atoms with Gasteiger partial charge in [-0.15, -0.1) is 0 Å². The first kappa shape index (κ1) is 10.1. The van der Waals surface area contributed by atoms with Gasteiger partial charge in [-0.25, -0.2) is 0 Å². The predicted octanol–water partition coefficient (Wildman–Crippen LogP) is 2.50. The lowest BCUT2D eigenvalue weighted by Crippen LogP contribution is -2.32. The van der Waals surface area contributed by atoms with Crippen LogP contribution in [0.5, 0.6) is 17.2 Å². The molecule has 0 saturated carbocycles. The van der Waals surface area contributed by atoms with Crippen molar-refractivity contribution >= 4 is 0 Å². The van der Waals surface area contributed by atoms with E-state index in [2.05, 4.69) is 13.8 Å². The van der Waals surface area contributed by atoms with Crippen LogP contribution in [0.2, 0.25) is 0 Å². The number of fused-ring (bicyclic) bond motifs is 1. The van der Waals surface area contributed by atoms with Gasteiger partial charge < -0.3 is 14.6 Å². The molecule has 0 bridgehead atoms. The van der Waals surface area contributed by atoms with E-state index in [4.69, 9.17) is 9.47 Å². The van der Waals surface area contributed by atoms with E-state index in [1.54, 1.807) is 12.1 Å². The van der Waals surface area contributed by atoms with Gasteiger partial charge in [-0.05, 0) is 38.3 Å². The Balaban J connectivity index is 2.42. The second-order valence-corrected chi connectivity index (χ2v) is 4.49. The fourth-order valence-electron chi connectivity index (χ4n) is 1.83. The number of aromatic hydroxyl groups is 1. The van der Waals surface area contributed by atoms with Crippen LogP contribution >= 0.6 is 0 Å². The van der Waals surface area contributed by atoms with Crippen molar-refractivity contribution in [1.29, 1.82) is 0 Å². The molecule has 82 valence electrons. The Bertz CT molecular complexity index is 383. The third-order valence-corrected chi connectivity index (χ3v) is 2.74. The van der Waals surface area contributed by atoms with Crippen LogP contribution in [0.25, 0.3) is 0 Å². The minimum atomic E-state index is -0.130. The molecule has 1 aliphatic rings. The molecule has 1 heterocycles. The van der Waals surface area contributed by atoms with Crippen LogP contribution < -0.4 is 9.47 Å². The van der Waals surface area contributed by atoms with Crippen molar-refractivity contribution in [2.75, 3.05) is 7.11 Å². The fourth-order valence-corrected chi connectivity index (χ4v) is 1.83. The number of hydrogen-bond acceptors (Lipinski definition) is 3. The lowest BCUT2D eigenvalue weighted by Gasteiger charge is -2.32. The predicted molar refractivity (Wildman–Crippen MR) is 57.7 cm³/mol. The molecule has 1 aromatic rings. The summed E-state index contributed by atoms with van der Waals surface area (Å²) in [5.74, 6) is 1.46. The zero-order valence-corrected chi connectivity index (χ0v) is 9.33. The molecule has 1 aliphatic heterocycles. The molecule has 0 unspecified atom stereocenters. The van der Waals surface area contributed by atoms with Crippen LogP contribution in [-0.2, 0) is 6.42 Å². The Morgan fingerprint density at radius 2 is 2.13 bits per heavy atom. The molecule has 15 heavy (non-hydrogen) atoms. The summed E-state index contributed by atoms with van der Waals surface area (Å²) in [4.78, 5) is 0. The van der Waals surface area contributed by atoms with Crippen LogP contribution in [0.4, 0.5) is 0 Å². The zero-order valence-electron chi connectivity index (χ0n) is 9.33. The topological polar surface area (TPSA) is 38.7 Å². The van der Waals surface area contributed by atoms with E-state index >= 15 is 0 Å². The lowest BCUT2D eigenvalue weighted by molar-refractivity contribution is 0.0841. The highest BCUT2D eigenvalue weighted by Gasteiger charge is 2.27. The van der Waals surface area contributed by atoms with Crippen molar-refractivity contribution in [2.24, 2.45) is 0 Å². The zero-order chi connectivity index (χ0) is 11.1. The number of ether oxygens (including phenoxy) is 2. The summed E-state index contributed by atoms with van der Waals surface area (Å²) in [6, 6.07) is 3.48. The molecular weight excluding hydrogens is 192 g/mol. The van der Waals surface area contributed by atoms with E-state index in [-0.39, 0.29) is 11.4 Å². The van der Waals surface area contributed by atoms with Crippen molar-refractivity contribution in [3.8, 4) is 17.2 Å². The monoisotopic (exact) mass is 208 g/mol. The molecule has 0 aliphatic carbocycles. The summed E-state index contributed by atoms with van der Waals surface area (Å²) in [5, 5.41) is 9.62. The van der Waals surface area contributed by atoms with Crippen LogP contribution in [0.15, 0.2) is 12.1 Å². The van der Waals surface area contributed by atoms with E-state index < -0.39 is 0 Å². The molecule has 0 amide bonds. The summed E-state index contributed by atoms with van der Waals surface area (Å²) in [6.07, 6.45) is 1.89. The summed E-state index contributed by atoms with van der Waals surface area (Å²) in [6.45, 7) is 4.13. The van der Waals surface area contributed by atoms with Gasteiger partial charge in [0.15, 0.2) is 11.5 Å². The molecule has 1 aromatic carbocycles. The quantitative estimate of drug-likeness (QED) is 0.770. The Hall–Kier alpha value is -1.38. The second-order valence-electron chi connectivity index (χ2n) is 4.49. The highest BCUT2D eigenvalue weighted by atomic mass is 16.5. The standard InChI is InChI=1S/C12H16O3/c1-12(2)5-4-8-6-9(13)11(14-3)7-10(8)15-12/h6-7,13H,4-5H2,1-3H3. The molecule has 0 spiro atoms. The number of hydrogen-bond donors (Lipinski definition) is 1. The molecular formula is C12H16O3. The molecule has 3 nitrogen and oxygen atoms in total. The molecule has 0 aromatic heterocycles. The van der Waals surface area contributed by atoms with Gasteiger partial charge in [-0.2, -0.15) is 0 Å². The number of phenols is 1. The van der Waals surface area contributed by atoms with Gasteiger partial charge in [-0.1, -0.05) is 0 Å². The van der Waals surface area contributed by atoms with Gasteiger partial charge in [0.05, 0.1) is 7.11 Å². The molecule has 3 heteroatoms. The number of rotatable bonds is 1. The minimum absolute atomic E-state index is 0.130. The number of methoxy groups -OCH3 is 1. The maximum absolute atomic E-state index is 9.62. The smallest absolute Gasteiger partial charge is 0.164 e. The SMILES string of the molecule is COc1cc2c(cc1O)CCC(C)(C)O2. The minimum Gasteiger partial charge on any atom is -0.504 e. The number of aryl methyl sites for hydroxylation is 1. The van der Waals surface area contributed by atoms with Gasteiger partial charge in [0.25, 0.3) is 0 Å². The molecule has 1 N–H and O–H groups in total. The third-order valence-electron chi connectivity index (χ3n) is 2.74. The van der Waals surface area contributed by atoms with Gasteiger partial charge in [-0.3, -0.25) is 0 Å². The molecule has 2 rings (SSSR count). The fraction of sp³-hybridized carbons (Fsp3) is 0.500. The molecule has 0 saturated heterocycles. The van der Waals surface area contributed by atoms with Crippen molar-refractivity contribution < 1.29 is 14.6 Å². The normalized spacial score (nSPS) is 17.8. The highest BCUT2D eigenvalue weighted by Crippen LogP contribution is 2.39. The average molecular weight is 208 g/mol. The van der Waals surface area contributed by atoms with Crippen molar-refractivity contribution in [3.63, 3.8) is 0 Å². The van der Waals surface area contributed by atoms with Crippen LogP contribution in [-0.4, -0.2) is 17.8 Å². The Labute approximate surface area is 89.6 Å². The molecule has 0 atom stereocenters. The van der Waals surface area contributed by atoms with Gasteiger partial charge in [0.2, 0.25) is 0 Å². The third kappa shape index (κ3) is 1.87. The Kier molecular flexibility index (Phi) is 2.25. The van der Waals surface area contributed by atoms with Crippen molar-refractivity contribution in [3.05, 3.63) is 17.7 Å². The Morgan fingerprint density at radius 1 is 1.40 bits per heavy atom. The number of benzene rings is 1. The first-order valence-electron chi connectivity index (χ1n) is 5.11. The van der Waals surface area contributed by atoms with E-state index in [0.29, 0.717) is 5.75 Å². The lowest BCUT2D eigenvalue weighted by atomic mass is 9.94. The van der Waals surface area contributed by atoms with E-state index in [9.17, 15) is 5.11 Å². The molecule has 0 fully saturated rings.